The molecule has 0 aromatic carbocycles. The number of hydrogen-bond acceptors (Lipinski definition) is 9. The van der Waals surface area contributed by atoms with Crippen molar-refractivity contribution in [3.05, 3.63) is 60.8 Å². The molecule has 0 saturated carbocycles. The number of allylic oxidation sites excluding steroid dienone is 9. The van der Waals surface area contributed by atoms with E-state index in [1.807, 2.05) is 57.6 Å². The average Bonchev–Trinajstić information content (AvgIpc) is 3.23. The van der Waals surface area contributed by atoms with E-state index in [1.165, 1.54) is 96.3 Å². The van der Waals surface area contributed by atoms with Gasteiger partial charge in [-0.1, -0.05) is 184 Å². The normalized spacial score (nSPS) is 14.5. The fourth-order valence-corrected chi connectivity index (χ4v) is 7.36. The van der Waals surface area contributed by atoms with Gasteiger partial charge in [-0.3, -0.25) is 14.2 Å². The zero-order valence-electron chi connectivity index (χ0n) is 40.9. The number of aliphatic hydroxyl groups excluding tert-OH is 1. The van der Waals surface area contributed by atoms with Crippen LogP contribution >= 0.6 is 7.82 Å². The van der Waals surface area contributed by atoms with Crippen LogP contribution in [0.2, 0.25) is 0 Å². The van der Waals surface area contributed by atoms with Crippen LogP contribution in [0.15, 0.2) is 60.8 Å². The fourth-order valence-electron chi connectivity index (χ4n) is 6.64. The first-order valence-corrected chi connectivity index (χ1v) is 26.6. The zero-order chi connectivity index (χ0) is 46.5. The van der Waals surface area contributed by atoms with Gasteiger partial charge in [0, 0.05) is 12.8 Å². The summed E-state index contributed by atoms with van der Waals surface area (Å²) in [5.74, 6) is -0.926. The number of phosphoric acid groups is 1. The van der Waals surface area contributed by atoms with Crippen LogP contribution in [0.3, 0.4) is 0 Å². The second kappa shape index (κ2) is 43.6. The van der Waals surface area contributed by atoms with Gasteiger partial charge in [0.1, 0.15) is 19.8 Å². The molecule has 0 spiro atoms. The minimum absolute atomic E-state index is 0.0512. The second-order valence-electron chi connectivity index (χ2n) is 18.0. The van der Waals surface area contributed by atoms with Crippen LogP contribution < -0.4 is 4.89 Å². The summed E-state index contributed by atoms with van der Waals surface area (Å²) in [6, 6.07) is 0. The van der Waals surface area contributed by atoms with Crippen molar-refractivity contribution < 1.29 is 47.2 Å². The number of rotatable bonds is 45. The van der Waals surface area contributed by atoms with Gasteiger partial charge < -0.3 is 33.0 Å². The number of carbonyl (C=O) groups is 2. The molecule has 11 heteroatoms. The van der Waals surface area contributed by atoms with Crippen molar-refractivity contribution in [2.75, 3.05) is 47.5 Å². The number of aliphatic hydroxyl groups is 1. The molecule has 0 heterocycles. The standard InChI is InChI=1S/C52H94NO9P/c1-6-8-10-11-12-13-14-15-16-17-18-19-20-21-22-23-26-29-32-35-39-43-51(55)59-47-50(48-61-63(57,58)60-46-45-53(3,4)5)62-52(56)44-40-36-33-30-27-24-25-28-31-34-38-42-49(54)41-37-9-7-2/h15-16,24-25,30-31,33-34,38,42,49-50,54H,6-14,17-23,26-29,32,35-37,39-41,43-48H2,1-5H3/b16-15-,25-24-,33-30-,34-31-,42-38+/t49-,50+/m0/s1. The minimum atomic E-state index is -4.66. The Bertz CT molecular complexity index is 1270. The second-order valence-corrected chi connectivity index (χ2v) is 19.4. The van der Waals surface area contributed by atoms with Gasteiger partial charge in [-0.25, -0.2) is 0 Å². The van der Waals surface area contributed by atoms with Gasteiger partial charge >= 0.3 is 11.9 Å². The Morgan fingerprint density at radius 1 is 0.587 bits per heavy atom. The first-order chi connectivity index (χ1) is 30.4. The molecule has 10 nitrogen and oxygen atoms in total. The summed E-state index contributed by atoms with van der Waals surface area (Å²) in [5.41, 5.74) is 0. The molecule has 0 aliphatic heterocycles. The molecule has 366 valence electrons. The minimum Gasteiger partial charge on any atom is -0.756 e. The van der Waals surface area contributed by atoms with Crippen LogP contribution in [0.4, 0.5) is 0 Å². The van der Waals surface area contributed by atoms with E-state index in [-0.39, 0.29) is 32.2 Å². The van der Waals surface area contributed by atoms with Gasteiger partial charge in [0.25, 0.3) is 7.82 Å². The summed E-state index contributed by atoms with van der Waals surface area (Å²) < 4.78 is 33.9. The molecule has 0 radical (unpaired) electrons. The van der Waals surface area contributed by atoms with Crippen LogP contribution in [0, 0.1) is 0 Å². The highest BCUT2D eigenvalue weighted by Crippen LogP contribution is 2.38. The molecule has 63 heavy (non-hydrogen) atoms. The maximum absolute atomic E-state index is 12.7. The van der Waals surface area contributed by atoms with Gasteiger partial charge in [-0.05, 0) is 64.2 Å². The largest absolute Gasteiger partial charge is 0.756 e. The van der Waals surface area contributed by atoms with Crippen LogP contribution in [0.5, 0.6) is 0 Å². The number of nitrogens with zero attached hydrogens (tertiary/aromatic N) is 1. The van der Waals surface area contributed by atoms with Crippen molar-refractivity contribution in [1.82, 2.24) is 0 Å². The highest BCUT2D eigenvalue weighted by Gasteiger charge is 2.21. The number of hydrogen-bond donors (Lipinski definition) is 1. The molecule has 0 rings (SSSR count). The van der Waals surface area contributed by atoms with E-state index in [0.717, 1.165) is 57.8 Å². The average molecular weight is 908 g/mol. The number of carbonyl (C=O) groups excluding carboxylic acids is 2. The highest BCUT2D eigenvalue weighted by molar-refractivity contribution is 7.45. The molecular weight excluding hydrogens is 814 g/mol. The van der Waals surface area contributed by atoms with Gasteiger partial charge in [0.15, 0.2) is 6.10 Å². The maximum atomic E-state index is 12.7. The van der Waals surface area contributed by atoms with E-state index in [0.29, 0.717) is 30.3 Å². The van der Waals surface area contributed by atoms with E-state index in [1.54, 1.807) is 0 Å². The van der Waals surface area contributed by atoms with Crippen LogP contribution in [-0.2, 0) is 32.7 Å². The molecule has 0 aliphatic carbocycles. The Morgan fingerprint density at radius 3 is 1.68 bits per heavy atom. The molecule has 0 amide bonds. The van der Waals surface area contributed by atoms with E-state index < -0.39 is 32.5 Å². The number of phosphoric ester groups is 1. The summed E-state index contributed by atoms with van der Waals surface area (Å²) in [6.07, 6.45) is 50.1. The lowest BCUT2D eigenvalue weighted by Gasteiger charge is -2.28. The molecule has 0 aromatic heterocycles. The summed E-state index contributed by atoms with van der Waals surface area (Å²) in [5, 5.41) is 9.92. The molecule has 0 saturated heterocycles. The number of likely N-dealkylation sites (N-methyl/N-ethyl adjacent to an activating group) is 1. The van der Waals surface area contributed by atoms with Crippen molar-refractivity contribution in [2.24, 2.45) is 0 Å². The van der Waals surface area contributed by atoms with Crippen molar-refractivity contribution in [3.8, 4) is 0 Å². The monoisotopic (exact) mass is 908 g/mol. The molecule has 1 unspecified atom stereocenters. The third-order valence-corrected chi connectivity index (χ3v) is 11.6. The van der Waals surface area contributed by atoms with Gasteiger partial charge in [-0.2, -0.15) is 0 Å². The summed E-state index contributed by atoms with van der Waals surface area (Å²) >= 11 is 0. The lowest BCUT2D eigenvalue weighted by molar-refractivity contribution is -0.870. The summed E-state index contributed by atoms with van der Waals surface area (Å²) in [6.45, 7) is 4.03. The number of ether oxygens (including phenoxy) is 2. The zero-order valence-corrected chi connectivity index (χ0v) is 41.8. The van der Waals surface area contributed by atoms with Crippen molar-refractivity contribution in [1.29, 1.82) is 0 Å². The lowest BCUT2D eigenvalue weighted by atomic mass is 10.0. The van der Waals surface area contributed by atoms with Gasteiger partial charge in [0.05, 0.1) is 33.9 Å². The Hall–Kier alpha value is -2.33. The molecule has 0 bridgehead atoms. The lowest BCUT2D eigenvalue weighted by Crippen LogP contribution is -2.37. The Morgan fingerprint density at radius 2 is 1.08 bits per heavy atom. The molecular formula is C52H94NO9P. The smallest absolute Gasteiger partial charge is 0.306 e. The Kier molecular flexibility index (Phi) is 41.9. The predicted molar refractivity (Wildman–Crippen MR) is 260 cm³/mol. The van der Waals surface area contributed by atoms with Gasteiger partial charge in [0.2, 0.25) is 0 Å². The van der Waals surface area contributed by atoms with E-state index in [4.69, 9.17) is 18.5 Å². The first-order valence-electron chi connectivity index (χ1n) is 25.1. The molecule has 1 N–H and O–H groups in total. The SMILES string of the molecule is CCCCCCCC/C=C\CCCCCCCCCCCCCC(=O)OC[C@H](COP(=O)([O-])OCC[N+](C)(C)C)OC(=O)CCC/C=C\C/C=C\C/C=C\C=C\[C@@H](O)CCCCC. The van der Waals surface area contributed by atoms with Crippen LogP contribution in [-0.4, -0.2) is 81.2 Å². The molecule has 0 aliphatic rings. The van der Waals surface area contributed by atoms with Crippen molar-refractivity contribution >= 4 is 19.8 Å². The van der Waals surface area contributed by atoms with E-state index in [9.17, 15) is 24.2 Å². The molecule has 0 fully saturated rings. The van der Waals surface area contributed by atoms with Crippen LogP contribution in [0.25, 0.3) is 0 Å². The van der Waals surface area contributed by atoms with Crippen molar-refractivity contribution in [3.63, 3.8) is 0 Å². The Balaban J connectivity index is 4.37. The quantitative estimate of drug-likeness (QED) is 0.0158. The number of quaternary nitrogens is 1. The number of esters is 2. The van der Waals surface area contributed by atoms with Gasteiger partial charge in [-0.15, -0.1) is 0 Å². The summed E-state index contributed by atoms with van der Waals surface area (Å²) in [7, 11) is 1.10. The predicted octanol–water partition coefficient (Wildman–Crippen LogP) is 13.1. The van der Waals surface area contributed by atoms with Crippen molar-refractivity contribution in [2.45, 2.75) is 212 Å². The first kappa shape index (κ1) is 60.7. The number of unbranched alkanes of at least 4 members (excludes halogenated alkanes) is 20. The highest BCUT2D eigenvalue weighted by atomic mass is 31.2. The van der Waals surface area contributed by atoms with Crippen LogP contribution in [0.1, 0.15) is 200 Å². The maximum Gasteiger partial charge on any atom is 0.306 e. The van der Waals surface area contributed by atoms with E-state index in [2.05, 4.69) is 38.2 Å². The fraction of sp³-hybridized carbons (Fsp3) is 0.769. The molecule has 3 atom stereocenters. The third-order valence-electron chi connectivity index (χ3n) is 10.6. The molecule has 0 aromatic rings. The topological polar surface area (TPSA) is 131 Å². The third kappa shape index (κ3) is 47.5. The Labute approximate surface area is 386 Å². The summed E-state index contributed by atoms with van der Waals surface area (Å²) in [4.78, 5) is 37.7. The van der Waals surface area contributed by atoms with E-state index >= 15 is 0 Å².